The van der Waals surface area contributed by atoms with E-state index in [1.54, 1.807) is 29.2 Å². The van der Waals surface area contributed by atoms with E-state index in [0.717, 1.165) is 0 Å². The Kier molecular flexibility index (Phi) is 5.15. The molecule has 2 atom stereocenters. The van der Waals surface area contributed by atoms with Crippen molar-refractivity contribution in [2.24, 2.45) is 0 Å². The van der Waals surface area contributed by atoms with Crippen LogP contribution >= 0.6 is 0 Å². The van der Waals surface area contributed by atoms with Crippen LogP contribution in [0.3, 0.4) is 0 Å². The van der Waals surface area contributed by atoms with Gasteiger partial charge in [0.15, 0.2) is 0 Å². The lowest BCUT2D eigenvalue weighted by molar-refractivity contribution is -0.0588. The van der Waals surface area contributed by atoms with Crippen LogP contribution in [-0.4, -0.2) is 45.9 Å². The zero-order valence-electron chi connectivity index (χ0n) is 16.2. The summed E-state index contributed by atoms with van der Waals surface area (Å²) in [4.78, 5) is 15.0. The minimum absolute atomic E-state index is 0.0871. The average molecular weight is 397 g/mol. The van der Waals surface area contributed by atoms with E-state index >= 15 is 0 Å². The van der Waals surface area contributed by atoms with Crippen molar-refractivity contribution in [1.82, 2.24) is 14.7 Å². The third-order valence-electron chi connectivity index (χ3n) is 4.86. The van der Waals surface area contributed by atoms with Gasteiger partial charge in [-0.2, -0.15) is 5.10 Å². The van der Waals surface area contributed by atoms with E-state index in [0.29, 0.717) is 30.0 Å². The molecule has 1 aromatic heterocycles. The second-order valence-corrected chi connectivity index (χ2v) is 7.25. The van der Waals surface area contributed by atoms with Gasteiger partial charge in [0.25, 0.3) is 5.91 Å². The highest BCUT2D eigenvalue weighted by molar-refractivity contribution is 5.94. The van der Waals surface area contributed by atoms with E-state index in [1.807, 2.05) is 13.8 Å². The number of halogens is 2. The molecule has 5 nitrogen and oxygen atoms in total. The fourth-order valence-electron chi connectivity index (χ4n) is 3.62. The van der Waals surface area contributed by atoms with Crippen LogP contribution in [0, 0.1) is 11.6 Å². The molecule has 4 rings (SSSR count). The maximum atomic E-state index is 14.3. The molecular weight excluding hydrogens is 376 g/mol. The summed E-state index contributed by atoms with van der Waals surface area (Å²) in [5.74, 6) is -1.05. The van der Waals surface area contributed by atoms with Crippen molar-refractivity contribution in [1.29, 1.82) is 0 Å². The Balaban J connectivity index is 1.79. The zero-order chi connectivity index (χ0) is 20.5. The Morgan fingerprint density at radius 2 is 1.69 bits per heavy atom. The second-order valence-electron chi connectivity index (χ2n) is 7.25. The topological polar surface area (TPSA) is 47.4 Å². The van der Waals surface area contributed by atoms with Crippen molar-refractivity contribution in [2.75, 3.05) is 13.1 Å². The number of rotatable bonds is 3. The smallest absolute Gasteiger partial charge is 0.272 e. The number of amides is 1. The first kappa shape index (κ1) is 19.3. The SMILES string of the molecule is C[C@@H]1CN(C(=O)c2cc(-c3ccccc3F)nn2-c2ccc(F)cc2)C[C@H](C)O1. The van der Waals surface area contributed by atoms with Crippen molar-refractivity contribution >= 4 is 5.91 Å². The molecule has 1 fully saturated rings. The van der Waals surface area contributed by atoms with Crippen LogP contribution in [0.5, 0.6) is 0 Å². The summed E-state index contributed by atoms with van der Waals surface area (Å²) in [5, 5.41) is 4.47. The molecule has 2 heterocycles. The van der Waals surface area contributed by atoms with E-state index in [2.05, 4.69) is 5.10 Å². The van der Waals surface area contributed by atoms with Gasteiger partial charge >= 0.3 is 0 Å². The Hall–Kier alpha value is -3.06. The van der Waals surface area contributed by atoms with Crippen LogP contribution in [0.4, 0.5) is 8.78 Å². The number of nitrogens with zero attached hydrogens (tertiary/aromatic N) is 3. The lowest BCUT2D eigenvalue weighted by Gasteiger charge is -2.35. The second kappa shape index (κ2) is 7.75. The highest BCUT2D eigenvalue weighted by atomic mass is 19.1. The van der Waals surface area contributed by atoms with Crippen molar-refractivity contribution < 1.29 is 18.3 Å². The van der Waals surface area contributed by atoms with E-state index < -0.39 is 5.82 Å². The molecular formula is C22H21F2N3O2. The molecule has 2 aromatic carbocycles. The lowest BCUT2D eigenvalue weighted by Crippen LogP contribution is -2.48. The van der Waals surface area contributed by atoms with Gasteiger partial charge in [0, 0.05) is 18.7 Å². The molecule has 0 spiro atoms. The summed E-state index contributed by atoms with van der Waals surface area (Å²) < 4.78 is 34.9. The van der Waals surface area contributed by atoms with Crippen molar-refractivity contribution in [3.05, 3.63) is 71.9 Å². The number of hydrogen-bond donors (Lipinski definition) is 0. The van der Waals surface area contributed by atoms with E-state index in [9.17, 15) is 13.6 Å². The first-order valence-electron chi connectivity index (χ1n) is 9.48. The normalized spacial score (nSPS) is 19.4. The third-order valence-corrected chi connectivity index (χ3v) is 4.86. The molecule has 0 unspecified atom stereocenters. The van der Waals surface area contributed by atoms with E-state index in [1.165, 1.54) is 35.0 Å². The summed E-state index contributed by atoms with van der Waals surface area (Å²) in [6.45, 7) is 4.73. The maximum absolute atomic E-state index is 14.3. The maximum Gasteiger partial charge on any atom is 0.272 e. The number of carbonyl (C=O) groups excluding carboxylic acids is 1. The number of hydrogen-bond acceptors (Lipinski definition) is 3. The fraction of sp³-hybridized carbons (Fsp3) is 0.273. The van der Waals surface area contributed by atoms with Crippen LogP contribution in [0.1, 0.15) is 24.3 Å². The summed E-state index contributed by atoms with van der Waals surface area (Å²) in [7, 11) is 0. The summed E-state index contributed by atoms with van der Waals surface area (Å²) in [6.07, 6.45) is -0.174. The molecule has 3 aromatic rings. The molecule has 0 radical (unpaired) electrons. The first-order valence-corrected chi connectivity index (χ1v) is 9.48. The van der Waals surface area contributed by atoms with Crippen LogP contribution in [0.2, 0.25) is 0 Å². The van der Waals surface area contributed by atoms with Crippen LogP contribution in [0.25, 0.3) is 16.9 Å². The van der Waals surface area contributed by atoms with Gasteiger partial charge in [-0.3, -0.25) is 4.79 Å². The number of morpholine rings is 1. The minimum Gasteiger partial charge on any atom is -0.372 e. The number of carbonyl (C=O) groups is 1. The third kappa shape index (κ3) is 3.91. The summed E-state index contributed by atoms with van der Waals surface area (Å²) >= 11 is 0. The van der Waals surface area contributed by atoms with Gasteiger partial charge in [0.1, 0.15) is 17.3 Å². The largest absolute Gasteiger partial charge is 0.372 e. The quantitative estimate of drug-likeness (QED) is 0.670. The predicted octanol–water partition coefficient (Wildman–Crippen LogP) is 4.07. The Bertz CT molecular complexity index is 1020. The van der Waals surface area contributed by atoms with Gasteiger partial charge in [-0.15, -0.1) is 0 Å². The lowest BCUT2D eigenvalue weighted by atomic mass is 10.1. The Morgan fingerprint density at radius 1 is 1.03 bits per heavy atom. The van der Waals surface area contributed by atoms with Crippen molar-refractivity contribution in [3.8, 4) is 16.9 Å². The Labute approximate surface area is 167 Å². The summed E-state index contributed by atoms with van der Waals surface area (Å²) in [6, 6.07) is 13.5. The number of aromatic nitrogens is 2. The molecule has 1 amide bonds. The van der Waals surface area contributed by atoms with Crippen LogP contribution < -0.4 is 0 Å². The molecule has 1 aliphatic heterocycles. The van der Waals surface area contributed by atoms with E-state index in [-0.39, 0.29) is 29.6 Å². The predicted molar refractivity (Wildman–Crippen MR) is 105 cm³/mol. The van der Waals surface area contributed by atoms with Crippen LogP contribution in [-0.2, 0) is 4.74 Å². The first-order chi connectivity index (χ1) is 13.9. The van der Waals surface area contributed by atoms with Gasteiger partial charge in [-0.25, -0.2) is 13.5 Å². The van der Waals surface area contributed by atoms with Gasteiger partial charge < -0.3 is 9.64 Å². The van der Waals surface area contributed by atoms with Gasteiger partial charge in [-0.1, -0.05) is 12.1 Å². The number of benzene rings is 2. The molecule has 0 N–H and O–H groups in total. The van der Waals surface area contributed by atoms with Gasteiger partial charge in [0.2, 0.25) is 0 Å². The fourth-order valence-corrected chi connectivity index (χ4v) is 3.62. The van der Waals surface area contributed by atoms with E-state index in [4.69, 9.17) is 4.74 Å². The molecule has 29 heavy (non-hydrogen) atoms. The molecule has 1 saturated heterocycles. The summed E-state index contributed by atoms with van der Waals surface area (Å²) in [5.41, 5.74) is 1.44. The van der Waals surface area contributed by atoms with Crippen molar-refractivity contribution in [2.45, 2.75) is 26.1 Å². The van der Waals surface area contributed by atoms with Crippen LogP contribution in [0.15, 0.2) is 54.6 Å². The van der Waals surface area contributed by atoms with Crippen molar-refractivity contribution in [3.63, 3.8) is 0 Å². The average Bonchev–Trinajstić information content (AvgIpc) is 3.12. The molecule has 1 aliphatic rings. The van der Waals surface area contributed by atoms with Gasteiger partial charge in [-0.05, 0) is 56.3 Å². The molecule has 0 saturated carbocycles. The molecule has 0 bridgehead atoms. The minimum atomic E-state index is -0.427. The monoisotopic (exact) mass is 397 g/mol. The molecule has 7 heteroatoms. The molecule has 0 aliphatic carbocycles. The standard InChI is InChI=1S/C22H21F2N3O2/c1-14-12-26(13-15(2)29-14)22(28)21-11-20(18-5-3-4-6-19(18)24)25-27(21)17-9-7-16(23)8-10-17/h3-11,14-15H,12-13H2,1-2H3/t14-,15+. The van der Waals surface area contributed by atoms with Gasteiger partial charge in [0.05, 0.1) is 23.6 Å². The highest BCUT2D eigenvalue weighted by Crippen LogP contribution is 2.26. The molecule has 150 valence electrons. The zero-order valence-corrected chi connectivity index (χ0v) is 16.2. The highest BCUT2D eigenvalue weighted by Gasteiger charge is 2.29. The number of ether oxygens (including phenoxy) is 1. The Morgan fingerprint density at radius 3 is 2.34 bits per heavy atom.